The lowest BCUT2D eigenvalue weighted by Crippen LogP contribution is -2.38. The molecular weight excluding hydrogens is 335 g/mol. The molecule has 0 bridgehead atoms. The summed E-state index contributed by atoms with van der Waals surface area (Å²) in [4.78, 5) is 0. The summed E-state index contributed by atoms with van der Waals surface area (Å²) in [6, 6.07) is 5.25. The Morgan fingerprint density at radius 1 is 0.955 bits per heavy atom. The minimum Gasteiger partial charge on any atom is -0.519 e. The van der Waals surface area contributed by atoms with Gasteiger partial charge in [-0.15, -0.1) is 0 Å². The van der Waals surface area contributed by atoms with Gasteiger partial charge >= 0.3 is 8.56 Å². The van der Waals surface area contributed by atoms with Crippen molar-refractivity contribution in [3.63, 3.8) is 0 Å². The highest BCUT2D eigenvalue weighted by atomic mass is 35.5. The van der Waals surface area contributed by atoms with Crippen LogP contribution in [0.25, 0.3) is 0 Å². The highest BCUT2D eigenvalue weighted by molar-refractivity contribution is 6.65. The summed E-state index contributed by atoms with van der Waals surface area (Å²) in [5, 5.41) is 1.20. The Hall–Kier alpha value is -0.223. The third-order valence-corrected chi connectivity index (χ3v) is 5.60. The second-order valence-electron chi connectivity index (χ2n) is 6.05. The van der Waals surface area contributed by atoms with Crippen molar-refractivity contribution in [3.8, 4) is 5.75 Å². The van der Waals surface area contributed by atoms with Crippen molar-refractivity contribution >= 4 is 31.8 Å². The van der Waals surface area contributed by atoms with E-state index >= 15 is 0 Å². The molecule has 0 atom stereocenters. The summed E-state index contributed by atoms with van der Waals surface area (Å²) in [5.41, 5.74) is 0. The van der Waals surface area contributed by atoms with E-state index in [1.165, 1.54) is 38.5 Å². The molecule has 0 N–H and O–H groups in total. The van der Waals surface area contributed by atoms with Crippen LogP contribution in [0.2, 0.25) is 23.1 Å². The normalized spacial score (nSPS) is 11.7. The summed E-state index contributed by atoms with van der Waals surface area (Å²) in [6.07, 6.45) is 8.96. The van der Waals surface area contributed by atoms with E-state index in [0.717, 1.165) is 13.0 Å². The fourth-order valence-corrected chi connectivity index (χ4v) is 4.00. The molecule has 0 aliphatic rings. The van der Waals surface area contributed by atoms with Crippen LogP contribution in [0.3, 0.4) is 0 Å². The summed E-state index contributed by atoms with van der Waals surface area (Å²) in [6.45, 7) is 7.06. The molecule has 1 aromatic rings. The van der Waals surface area contributed by atoms with Gasteiger partial charge in [-0.2, -0.15) is 0 Å². The van der Waals surface area contributed by atoms with Gasteiger partial charge in [-0.25, -0.2) is 0 Å². The predicted molar refractivity (Wildman–Crippen MR) is 98.5 cm³/mol. The second-order valence-corrected chi connectivity index (χ2v) is 10.2. The van der Waals surface area contributed by atoms with Crippen LogP contribution in [-0.2, 0) is 4.43 Å². The van der Waals surface area contributed by atoms with Gasteiger partial charge in [0.1, 0.15) is 5.75 Å². The maximum absolute atomic E-state index is 6.13. The third-order valence-electron chi connectivity index (χ3n) is 3.45. The van der Waals surface area contributed by atoms with Crippen LogP contribution in [0.15, 0.2) is 18.2 Å². The highest BCUT2D eigenvalue weighted by Crippen LogP contribution is 2.30. The smallest absolute Gasteiger partial charge is 0.392 e. The largest absolute Gasteiger partial charge is 0.519 e. The van der Waals surface area contributed by atoms with Crippen LogP contribution in [-0.4, -0.2) is 15.2 Å². The van der Waals surface area contributed by atoms with Gasteiger partial charge < -0.3 is 8.85 Å². The van der Waals surface area contributed by atoms with Gasteiger partial charge in [0.05, 0.1) is 5.02 Å². The Bertz CT molecular complexity index is 439. The summed E-state index contributed by atoms with van der Waals surface area (Å²) < 4.78 is 11.9. The first-order valence-electron chi connectivity index (χ1n) is 8.22. The highest BCUT2D eigenvalue weighted by Gasteiger charge is 2.27. The van der Waals surface area contributed by atoms with Gasteiger partial charge in [0.2, 0.25) is 0 Å². The first kappa shape index (κ1) is 19.8. The molecule has 0 aliphatic carbocycles. The van der Waals surface area contributed by atoms with Crippen LogP contribution in [0, 0.1) is 0 Å². The minimum atomic E-state index is -2.22. The topological polar surface area (TPSA) is 18.5 Å². The van der Waals surface area contributed by atoms with Gasteiger partial charge in [0.25, 0.3) is 0 Å². The molecular formula is C17H28Cl2O2Si. The zero-order valence-corrected chi connectivity index (χ0v) is 16.5. The van der Waals surface area contributed by atoms with Crippen LogP contribution >= 0.6 is 23.2 Å². The Morgan fingerprint density at radius 2 is 1.59 bits per heavy atom. The zero-order chi connectivity index (χ0) is 16.4. The van der Waals surface area contributed by atoms with Gasteiger partial charge in [0, 0.05) is 11.6 Å². The van der Waals surface area contributed by atoms with E-state index in [1.807, 2.05) is 13.1 Å². The molecule has 5 heteroatoms. The van der Waals surface area contributed by atoms with E-state index in [2.05, 4.69) is 6.92 Å². The predicted octanol–water partition coefficient (Wildman–Crippen LogP) is 6.84. The molecule has 0 aromatic heterocycles. The van der Waals surface area contributed by atoms with Gasteiger partial charge in [-0.3, -0.25) is 0 Å². The van der Waals surface area contributed by atoms with E-state index in [0.29, 0.717) is 15.8 Å². The van der Waals surface area contributed by atoms with Crippen molar-refractivity contribution in [1.82, 2.24) is 0 Å². The molecule has 0 heterocycles. The standard InChI is InChI=1S/C17H28Cl2O2Si/c1-4-5-6-7-8-9-10-13-20-22(2,3)21-17-14-15(18)11-12-16(17)19/h11-12,14H,4-10,13H2,1-3H3. The quantitative estimate of drug-likeness (QED) is 0.316. The molecule has 126 valence electrons. The lowest BCUT2D eigenvalue weighted by Gasteiger charge is -2.24. The molecule has 0 radical (unpaired) electrons. The number of unbranched alkanes of at least 4 members (excludes halogenated alkanes) is 6. The zero-order valence-electron chi connectivity index (χ0n) is 14.0. The monoisotopic (exact) mass is 362 g/mol. The minimum absolute atomic E-state index is 0.574. The van der Waals surface area contributed by atoms with Crippen molar-refractivity contribution in [3.05, 3.63) is 28.2 Å². The second kappa shape index (κ2) is 10.5. The van der Waals surface area contributed by atoms with Gasteiger partial charge in [-0.1, -0.05) is 68.7 Å². The fourth-order valence-electron chi connectivity index (χ4n) is 2.23. The van der Waals surface area contributed by atoms with Crippen molar-refractivity contribution in [2.75, 3.05) is 6.61 Å². The summed E-state index contributed by atoms with van der Waals surface area (Å²) >= 11 is 12.1. The molecule has 1 aromatic carbocycles. The molecule has 0 unspecified atom stereocenters. The number of hydrogen-bond acceptors (Lipinski definition) is 2. The molecule has 0 amide bonds. The average Bonchev–Trinajstić information content (AvgIpc) is 2.45. The van der Waals surface area contributed by atoms with Crippen molar-refractivity contribution in [1.29, 1.82) is 0 Å². The van der Waals surface area contributed by atoms with Crippen LogP contribution < -0.4 is 4.43 Å². The van der Waals surface area contributed by atoms with Crippen molar-refractivity contribution in [2.45, 2.75) is 65.0 Å². The van der Waals surface area contributed by atoms with Gasteiger partial charge in [0.15, 0.2) is 0 Å². The van der Waals surface area contributed by atoms with Crippen LogP contribution in [0.1, 0.15) is 51.9 Å². The van der Waals surface area contributed by atoms with Crippen molar-refractivity contribution in [2.24, 2.45) is 0 Å². The number of halogens is 2. The molecule has 0 fully saturated rings. The van der Waals surface area contributed by atoms with Crippen LogP contribution in [0.5, 0.6) is 5.75 Å². The number of hydrogen-bond donors (Lipinski definition) is 0. The maximum Gasteiger partial charge on any atom is 0.392 e. The van der Waals surface area contributed by atoms with E-state index in [4.69, 9.17) is 32.1 Å². The lowest BCUT2D eigenvalue weighted by atomic mass is 10.1. The maximum atomic E-state index is 6.13. The first-order chi connectivity index (χ1) is 10.4. The molecule has 0 aliphatic heterocycles. The molecule has 0 saturated carbocycles. The molecule has 1 rings (SSSR count). The molecule has 0 saturated heterocycles. The van der Waals surface area contributed by atoms with E-state index in [-0.39, 0.29) is 0 Å². The summed E-state index contributed by atoms with van der Waals surface area (Å²) in [5.74, 6) is 0.616. The Morgan fingerprint density at radius 3 is 2.27 bits per heavy atom. The van der Waals surface area contributed by atoms with Crippen LogP contribution in [0.4, 0.5) is 0 Å². The fraction of sp³-hybridized carbons (Fsp3) is 0.647. The summed E-state index contributed by atoms with van der Waals surface area (Å²) in [7, 11) is -2.22. The van der Waals surface area contributed by atoms with E-state index < -0.39 is 8.56 Å². The Kier molecular flexibility index (Phi) is 9.49. The number of rotatable bonds is 11. The van der Waals surface area contributed by atoms with E-state index in [1.54, 1.807) is 18.2 Å². The first-order valence-corrected chi connectivity index (χ1v) is 11.8. The number of benzene rings is 1. The molecule has 22 heavy (non-hydrogen) atoms. The Balaban J connectivity index is 2.25. The Labute approximate surface area is 146 Å². The SMILES string of the molecule is CCCCCCCCCO[Si](C)(C)Oc1cc(Cl)ccc1Cl. The molecule has 2 nitrogen and oxygen atoms in total. The van der Waals surface area contributed by atoms with E-state index in [9.17, 15) is 0 Å². The molecule has 0 spiro atoms. The average molecular weight is 363 g/mol. The van der Waals surface area contributed by atoms with Gasteiger partial charge in [-0.05, 0) is 37.7 Å². The lowest BCUT2D eigenvalue weighted by molar-refractivity contribution is 0.241. The third kappa shape index (κ3) is 8.42. The van der Waals surface area contributed by atoms with Crippen molar-refractivity contribution < 1.29 is 8.85 Å².